The number of halogens is 1. The van der Waals surface area contributed by atoms with E-state index in [9.17, 15) is 10.2 Å². The molecule has 0 amide bonds. The number of phenols is 2. The van der Waals surface area contributed by atoms with Crippen LogP contribution in [-0.2, 0) is 0 Å². The van der Waals surface area contributed by atoms with E-state index in [1.807, 2.05) is 6.07 Å². The molecule has 0 spiro atoms. The summed E-state index contributed by atoms with van der Waals surface area (Å²) in [6, 6.07) is 10.2. The van der Waals surface area contributed by atoms with Gasteiger partial charge in [-0.1, -0.05) is 29.8 Å². The van der Waals surface area contributed by atoms with Gasteiger partial charge in [0.05, 0.1) is 5.71 Å². The van der Waals surface area contributed by atoms with E-state index in [4.69, 9.17) is 11.6 Å². The molecule has 0 aliphatic carbocycles. The van der Waals surface area contributed by atoms with Crippen molar-refractivity contribution in [2.75, 3.05) is 0 Å². The molecular weight excluding hydrogens is 286 g/mol. The molecule has 3 nitrogen and oxygen atoms in total. The van der Waals surface area contributed by atoms with Gasteiger partial charge in [-0.2, -0.15) is 0 Å². The number of hydrogen-bond donors (Lipinski definition) is 2. The fourth-order valence-electron chi connectivity index (χ4n) is 2.62. The van der Waals surface area contributed by atoms with E-state index in [1.54, 1.807) is 30.3 Å². The van der Waals surface area contributed by atoms with E-state index in [0.29, 0.717) is 28.4 Å². The first-order valence-electron chi connectivity index (χ1n) is 6.61. The topological polar surface area (TPSA) is 52.8 Å². The van der Waals surface area contributed by atoms with Crippen LogP contribution in [0.5, 0.6) is 11.5 Å². The van der Waals surface area contributed by atoms with Gasteiger partial charge in [-0.05, 0) is 24.3 Å². The molecule has 0 fully saturated rings. The fraction of sp³-hybridized carbons (Fsp3) is 0.118. The second-order valence-corrected chi connectivity index (χ2v) is 5.36. The molecule has 0 saturated carbocycles. The van der Waals surface area contributed by atoms with Crippen LogP contribution in [0.1, 0.15) is 23.5 Å². The highest BCUT2D eigenvalue weighted by atomic mass is 35.5. The molecule has 0 radical (unpaired) electrons. The Morgan fingerprint density at radius 1 is 1.14 bits per heavy atom. The van der Waals surface area contributed by atoms with Crippen molar-refractivity contribution >= 4 is 23.0 Å². The molecule has 0 bridgehead atoms. The number of rotatable bonds is 2. The largest absolute Gasteiger partial charge is 0.507 e. The lowest BCUT2D eigenvalue weighted by molar-refractivity contribution is 0.472. The quantitative estimate of drug-likeness (QED) is 0.800. The van der Waals surface area contributed by atoms with Crippen molar-refractivity contribution in [1.29, 1.82) is 0 Å². The molecule has 1 unspecified atom stereocenters. The van der Waals surface area contributed by atoms with E-state index in [0.717, 1.165) is 5.56 Å². The number of allylic oxidation sites excluding steroid dienone is 1. The molecule has 3 rings (SSSR count). The Balaban J connectivity index is 2.22. The third kappa shape index (κ3) is 2.30. The van der Waals surface area contributed by atoms with Crippen LogP contribution in [0.4, 0.5) is 5.69 Å². The Kier molecular flexibility index (Phi) is 3.43. The number of aliphatic imine (C=N–C) groups is 1. The van der Waals surface area contributed by atoms with Crippen LogP contribution >= 0.6 is 11.6 Å². The first-order valence-corrected chi connectivity index (χ1v) is 6.99. The summed E-state index contributed by atoms with van der Waals surface area (Å²) in [7, 11) is 0. The van der Waals surface area contributed by atoms with Crippen molar-refractivity contribution in [3.63, 3.8) is 0 Å². The van der Waals surface area contributed by atoms with Crippen LogP contribution in [0, 0.1) is 0 Å². The van der Waals surface area contributed by atoms with Crippen LogP contribution in [0.15, 0.2) is 54.0 Å². The first-order chi connectivity index (χ1) is 10.1. The number of fused-ring (bicyclic) bond motifs is 1. The van der Waals surface area contributed by atoms with Crippen molar-refractivity contribution in [3.8, 4) is 11.5 Å². The van der Waals surface area contributed by atoms with E-state index in [-0.39, 0.29) is 17.4 Å². The summed E-state index contributed by atoms with van der Waals surface area (Å²) in [5.41, 5.74) is 2.61. The van der Waals surface area contributed by atoms with Crippen LogP contribution < -0.4 is 0 Å². The summed E-state index contributed by atoms with van der Waals surface area (Å²) in [6.45, 7) is 3.85. The van der Waals surface area contributed by atoms with Crippen molar-refractivity contribution in [3.05, 3.63) is 65.2 Å². The molecule has 106 valence electrons. The van der Waals surface area contributed by atoms with Crippen molar-refractivity contribution in [2.24, 2.45) is 4.99 Å². The summed E-state index contributed by atoms with van der Waals surface area (Å²) < 4.78 is 0. The van der Waals surface area contributed by atoms with Crippen molar-refractivity contribution in [1.82, 2.24) is 0 Å². The van der Waals surface area contributed by atoms with Gasteiger partial charge < -0.3 is 10.2 Å². The summed E-state index contributed by atoms with van der Waals surface area (Å²) in [5.74, 6) is 0.199. The summed E-state index contributed by atoms with van der Waals surface area (Å²) in [4.78, 5) is 4.51. The van der Waals surface area contributed by atoms with Crippen LogP contribution in [0.2, 0.25) is 5.02 Å². The van der Waals surface area contributed by atoms with Crippen LogP contribution in [0.25, 0.3) is 0 Å². The van der Waals surface area contributed by atoms with Gasteiger partial charge in [0, 0.05) is 28.5 Å². The maximum absolute atomic E-state index is 10.1. The highest BCUT2D eigenvalue weighted by Gasteiger charge is 2.26. The molecule has 2 N–H and O–H groups in total. The minimum absolute atomic E-state index is 0.0493. The van der Waals surface area contributed by atoms with E-state index >= 15 is 0 Å². The molecule has 2 aromatic rings. The average molecular weight is 300 g/mol. The maximum atomic E-state index is 10.1. The lowest BCUT2D eigenvalue weighted by atomic mass is 9.87. The van der Waals surface area contributed by atoms with Crippen LogP contribution in [-0.4, -0.2) is 15.9 Å². The Hall–Kier alpha value is -2.26. The molecule has 4 heteroatoms. The zero-order chi connectivity index (χ0) is 15.0. The lowest BCUT2D eigenvalue weighted by Gasteiger charge is -2.24. The number of aromatic hydroxyl groups is 2. The van der Waals surface area contributed by atoms with E-state index in [2.05, 4.69) is 11.6 Å². The molecule has 1 aliphatic rings. The normalized spacial score (nSPS) is 17.0. The predicted octanol–water partition coefficient (Wildman–Crippen LogP) is 4.55. The summed E-state index contributed by atoms with van der Waals surface area (Å²) >= 11 is 6.24. The fourth-order valence-corrected chi connectivity index (χ4v) is 2.91. The highest BCUT2D eigenvalue weighted by Crippen LogP contribution is 2.46. The van der Waals surface area contributed by atoms with Gasteiger partial charge in [-0.3, -0.25) is 0 Å². The van der Waals surface area contributed by atoms with Gasteiger partial charge in [0.2, 0.25) is 0 Å². The molecule has 0 aromatic heterocycles. The minimum atomic E-state index is -0.0493. The third-order valence-corrected chi connectivity index (χ3v) is 4.00. The third-order valence-electron chi connectivity index (χ3n) is 3.67. The monoisotopic (exact) mass is 299 g/mol. The van der Waals surface area contributed by atoms with Gasteiger partial charge in [-0.15, -0.1) is 6.58 Å². The molecule has 0 saturated heterocycles. The maximum Gasteiger partial charge on any atom is 0.141 e. The Labute approximate surface area is 127 Å². The number of para-hydroxylation sites is 1. The molecule has 1 aliphatic heterocycles. The first kappa shape index (κ1) is 13.7. The van der Waals surface area contributed by atoms with Crippen LogP contribution in [0.3, 0.4) is 0 Å². The Morgan fingerprint density at radius 3 is 2.62 bits per heavy atom. The Bertz CT molecular complexity index is 752. The van der Waals surface area contributed by atoms with Gasteiger partial charge in [-0.25, -0.2) is 4.99 Å². The van der Waals surface area contributed by atoms with Crippen molar-refractivity contribution in [2.45, 2.75) is 12.3 Å². The van der Waals surface area contributed by atoms with E-state index in [1.165, 1.54) is 6.07 Å². The standard InChI is InChI=1S/C17H14ClNO2/c1-2-10-9-13(11-5-3-4-6-14(11)20)19-17-15(21)8-7-12(18)16(10)17/h2-8,10,20-21H,1,9H2. The minimum Gasteiger partial charge on any atom is -0.507 e. The SMILES string of the molecule is C=CC1CC(c2ccccc2O)=Nc2c(O)ccc(Cl)c21. The molecule has 2 aromatic carbocycles. The molecule has 21 heavy (non-hydrogen) atoms. The lowest BCUT2D eigenvalue weighted by Crippen LogP contribution is -2.12. The van der Waals surface area contributed by atoms with Gasteiger partial charge >= 0.3 is 0 Å². The van der Waals surface area contributed by atoms with Gasteiger partial charge in [0.15, 0.2) is 0 Å². The highest BCUT2D eigenvalue weighted by molar-refractivity contribution is 6.32. The second kappa shape index (κ2) is 5.26. The number of nitrogens with zero attached hydrogens (tertiary/aromatic N) is 1. The number of benzene rings is 2. The summed E-state index contributed by atoms with van der Waals surface area (Å²) in [6.07, 6.45) is 2.37. The van der Waals surface area contributed by atoms with Gasteiger partial charge in [0.1, 0.15) is 17.2 Å². The second-order valence-electron chi connectivity index (χ2n) is 4.95. The molecular formula is C17H14ClNO2. The predicted molar refractivity (Wildman–Crippen MR) is 85.0 cm³/mol. The average Bonchev–Trinajstić information content (AvgIpc) is 2.50. The van der Waals surface area contributed by atoms with Crippen molar-refractivity contribution < 1.29 is 10.2 Å². The smallest absolute Gasteiger partial charge is 0.141 e. The van der Waals surface area contributed by atoms with E-state index < -0.39 is 0 Å². The zero-order valence-corrected chi connectivity index (χ0v) is 12.0. The number of hydrogen-bond acceptors (Lipinski definition) is 3. The Morgan fingerprint density at radius 2 is 1.90 bits per heavy atom. The van der Waals surface area contributed by atoms with Gasteiger partial charge in [0.25, 0.3) is 0 Å². The zero-order valence-electron chi connectivity index (χ0n) is 11.3. The molecule has 1 heterocycles. The molecule has 1 atom stereocenters. The number of phenolic OH excluding ortho intramolecular Hbond substituents is 2. The summed E-state index contributed by atoms with van der Waals surface area (Å²) in [5, 5.41) is 20.6.